The molecule has 27 heavy (non-hydrogen) atoms. The number of carbonyl (C=O) groups is 1. The number of benzene rings is 2. The highest BCUT2D eigenvalue weighted by molar-refractivity contribution is 14.1. The number of anilines is 1. The third-order valence-corrected chi connectivity index (χ3v) is 7.81. The molecule has 3 rings (SSSR count). The predicted molar refractivity (Wildman–Crippen MR) is 112 cm³/mol. The van der Waals surface area contributed by atoms with Crippen LogP contribution in [-0.2, 0) is 10.0 Å². The highest BCUT2D eigenvalue weighted by atomic mass is 127. The van der Waals surface area contributed by atoms with E-state index < -0.39 is 10.0 Å². The number of nitrogens with one attached hydrogen (secondary N) is 1. The van der Waals surface area contributed by atoms with Crippen LogP contribution in [-0.4, -0.2) is 42.9 Å². The monoisotopic (exact) mass is 500 g/mol. The molecule has 1 aliphatic rings. The Morgan fingerprint density at radius 2 is 1.96 bits per heavy atom. The highest BCUT2D eigenvalue weighted by Crippen LogP contribution is 2.26. The average Bonchev–Trinajstić information content (AvgIpc) is 3.14. The molecule has 0 spiro atoms. The van der Waals surface area contributed by atoms with Crippen LogP contribution in [0.25, 0.3) is 0 Å². The smallest absolute Gasteiger partial charge is 0.255 e. The van der Waals surface area contributed by atoms with Gasteiger partial charge in [-0.2, -0.15) is 4.31 Å². The van der Waals surface area contributed by atoms with Gasteiger partial charge in [0.25, 0.3) is 5.91 Å². The summed E-state index contributed by atoms with van der Waals surface area (Å²) >= 11 is 2.18. The Labute approximate surface area is 172 Å². The standard InChI is InChI=1S/C19H21IN2O4S/c1-13-4-5-14(11-18(13)20)19(24)21-15-6-8-17(9-7-15)27(25,26)22-10-2-3-16(22)12-23/h4-9,11,16,23H,2-3,10,12H2,1H3,(H,21,24). The normalized spacial score (nSPS) is 17.8. The maximum atomic E-state index is 12.8. The maximum Gasteiger partial charge on any atom is 0.255 e. The zero-order valence-corrected chi connectivity index (χ0v) is 17.8. The molecule has 144 valence electrons. The highest BCUT2D eigenvalue weighted by Gasteiger charge is 2.34. The molecule has 1 atom stereocenters. The number of aliphatic hydroxyl groups is 1. The van der Waals surface area contributed by atoms with Crippen LogP contribution in [0.1, 0.15) is 28.8 Å². The summed E-state index contributed by atoms with van der Waals surface area (Å²) in [6.07, 6.45) is 1.41. The zero-order chi connectivity index (χ0) is 19.6. The molecule has 8 heteroatoms. The van der Waals surface area contributed by atoms with Crippen LogP contribution >= 0.6 is 22.6 Å². The van der Waals surface area contributed by atoms with Crippen LogP contribution in [0.2, 0.25) is 0 Å². The minimum absolute atomic E-state index is 0.158. The van der Waals surface area contributed by atoms with Gasteiger partial charge in [0.2, 0.25) is 10.0 Å². The summed E-state index contributed by atoms with van der Waals surface area (Å²) in [5.41, 5.74) is 2.17. The first kappa shape index (κ1) is 20.2. The molecular formula is C19H21IN2O4S. The van der Waals surface area contributed by atoms with E-state index in [9.17, 15) is 18.3 Å². The molecule has 0 aliphatic carbocycles. The summed E-state index contributed by atoms with van der Waals surface area (Å²) in [4.78, 5) is 12.5. The zero-order valence-electron chi connectivity index (χ0n) is 14.9. The molecule has 1 aliphatic heterocycles. The van der Waals surface area contributed by atoms with E-state index in [1.165, 1.54) is 16.4 Å². The number of aryl methyl sites for hydroxylation is 1. The van der Waals surface area contributed by atoms with E-state index in [-0.39, 0.29) is 23.5 Å². The number of rotatable bonds is 5. The fourth-order valence-corrected chi connectivity index (χ4v) is 5.29. The molecule has 0 aromatic heterocycles. The van der Waals surface area contributed by atoms with Gasteiger partial charge in [0, 0.05) is 27.4 Å². The first-order valence-electron chi connectivity index (χ1n) is 8.63. The first-order valence-corrected chi connectivity index (χ1v) is 11.1. The molecule has 1 unspecified atom stereocenters. The largest absolute Gasteiger partial charge is 0.395 e. The fraction of sp³-hybridized carbons (Fsp3) is 0.316. The predicted octanol–water partition coefficient (Wildman–Crippen LogP) is 3.00. The minimum Gasteiger partial charge on any atom is -0.395 e. The van der Waals surface area contributed by atoms with E-state index in [0.29, 0.717) is 24.2 Å². The topological polar surface area (TPSA) is 86.7 Å². The minimum atomic E-state index is -3.65. The SMILES string of the molecule is Cc1ccc(C(=O)Nc2ccc(S(=O)(=O)N3CCCC3CO)cc2)cc1I. The molecular weight excluding hydrogens is 479 g/mol. The van der Waals surface area contributed by atoms with Crippen LogP contribution in [0, 0.1) is 10.5 Å². The van der Waals surface area contributed by atoms with Crippen molar-refractivity contribution in [3.05, 3.63) is 57.2 Å². The second-order valence-corrected chi connectivity index (χ2v) is 9.59. The van der Waals surface area contributed by atoms with Gasteiger partial charge in [-0.15, -0.1) is 0 Å². The summed E-state index contributed by atoms with van der Waals surface area (Å²) in [7, 11) is -3.65. The third-order valence-electron chi connectivity index (χ3n) is 4.69. The third kappa shape index (κ3) is 4.34. The van der Waals surface area contributed by atoms with Crippen molar-refractivity contribution in [3.8, 4) is 0 Å². The molecule has 1 fully saturated rings. The van der Waals surface area contributed by atoms with Gasteiger partial charge in [-0.3, -0.25) is 4.79 Å². The molecule has 2 aromatic rings. The molecule has 2 N–H and O–H groups in total. The van der Waals surface area contributed by atoms with Crippen LogP contribution in [0.15, 0.2) is 47.4 Å². The molecule has 6 nitrogen and oxygen atoms in total. The van der Waals surface area contributed by atoms with Crippen molar-refractivity contribution in [2.24, 2.45) is 0 Å². The molecule has 0 saturated carbocycles. The fourth-order valence-electron chi connectivity index (χ4n) is 3.09. The molecule has 0 bridgehead atoms. The Balaban J connectivity index is 1.75. The van der Waals surface area contributed by atoms with Gasteiger partial charge in [-0.05, 0) is 84.3 Å². The van der Waals surface area contributed by atoms with Gasteiger partial charge < -0.3 is 10.4 Å². The lowest BCUT2D eigenvalue weighted by Crippen LogP contribution is -2.37. The number of sulfonamides is 1. The average molecular weight is 500 g/mol. The number of hydrogen-bond acceptors (Lipinski definition) is 4. The van der Waals surface area contributed by atoms with E-state index in [0.717, 1.165) is 15.6 Å². The molecule has 0 radical (unpaired) electrons. The Bertz CT molecular complexity index is 945. The Morgan fingerprint density at radius 1 is 1.26 bits per heavy atom. The Kier molecular flexibility index (Phi) is 6.19. The van der Waals surface area contributed by atoms with Crippen LogP contribution < -0.4 is 5.32 Å². The van der Waals surface area contributed by atoms with E-state index >= 15 is 0 Å². The van der Waals surface area contributed by atoms with Crippen LogP contribution in [0.4, 0.5) is 5.69 Å². The van der Waals surface area contributed by atoms with E-state index in [1.54, 1.807) is 18.2 Å². The number of amides is 1. The van der Waals surface area contributed by atoms with Crippen molar-refractivity contribution >= 4 is 44.2 Å². The van der Waals surface area contributed by atoms with Crippen molar-refractivity contribution in [3.63, 3.8) is 0 Å². The van der Waals surface area contributed by atoms with Gasteiger partial charge >= 0.3 is 0 Å². The molecule has 2 aromatic carbocycles. The van der Waals surface area contributed by atoms with Crippen molar-refractivity contribution in [2.75, 3.05) is 18.5 Å². The summed E-state index contributed by atoms with van der Waals surface area (Å²) in [5, 5.41) is 12.2. The quantitative estimate of drug-likeness (QED) is 0.619. The lowest BCUT2D eigenvalue weighted by molar-refractivity contribution is 0.102. The number of hydrogen-bond donors (Lipinski definition) is 2. The Morgan fingerprint density at radius 3 is 2.59 bits per heavy atom. The van der Waals surface area contributed by atoms with Crippen molar-refractivity contribution in [2.45, 2.75) is 30.7 Å². The van der Waals surface area contributed by atoms with Gasteiger partial charge in [0.05, 0.1) is 11.5 Å². The van der Waals surface area contributed by atoms with Crippen molar-refractivity contribution in [1.29, 1.82) is 0 Å². The number of aliphatic hydroxyl groups excluding tert-OH is 1. The van der Waals surface area contributed by atoms with Crippen molar-refractivity contribution < 1.29 is 18.3 Å². The number of halogens is 1. The summed E-state index contributed by atoms with van der Waals surface area (Å²) in [6, 6.07) is 11.2. The van der Waals surface area contributed by atoms with E-state index in [1.807, 2.05) is 19.1 Å². The lowest BCUT2D eigenvalue weighted by atomic mass is 10.1. The summed E-state index contributed by atoms with van der Waals surface area (Å²) in [5.74, 6) is -0.247. The van der Waals surface area contributed by atoms with Crippen molar-refractivity contribution in [1.82, 2.24) is 4.31 Å². The van der Waals surface area contributed by atoms with Gasteiger partial charge in [0.1, 0.15) is 0 Å². The van der Waals surface area contributed by atoms with E-state index in [4.69, 9.17) is 0 Å². The molecule has 1 amide bonds. The number of nitrogens with zero attached hydrogens (tertiary/aromatic N) is 1. The second-order valence-electron chi connectivity index (χ2n) is 6.54. The second kappa shape index (κ2) is 8.26. The number of carbonyl (C=O) groups excluding carboxylic acids is 1. The maximum absolute atomic E-state index is 12.8. The Hall–Kier alpha value is -1.49. The van der Waals surface area contributed by atoms with Gasteiger partial charge in [0.15, 0.2) is 0 Å². The molecule has 1 heterocycles. The lowest BCUT2D eigenvalue weighted by Gasteiger charge is -2.22. The van der Waals surface area contributed by atoms with Crippen LogP contribution in [0.5, 0.6) is 0 Å². The first-order chi connectivity index (χ1) is 12.8. The summed E-state index contributed by atoms with van der Waals surface area (Å²) in [6.45, 7) is 2.21. The van der Waals surface area contributed by atoms with Crippen LogP contribution in [0.3, 0.4) is 0 Å². The molecule has 1 saturated heterocycles. The van der Waals surface area contributed by atoms with Gasteiger partial charge in [-0.1, -0.05) is 6.07 Å². The van der Waals surface area contributed by atoms with E-state index in [2.05, 4.69) is 27.9 Å². The van der Waals surface area contributed by atoms with Gasteiger partial charge in [-0.25, -0.2) is 8.42 Å². The summed E-state index contributed by atoms with van der Waals surface area (Å²) < 4.78 is 27.9.